The molecule has 150 valence electrons. The Bertz CT molecular complexity index is 1040. The molecule has 1 aromatic heterocycles. The molecule has 0 unspecified atom stereocenters. The molecule has 3 aromatic rings. The third-order valence-corrected chi connectivity index (χ3v) is 6.46. The van der Waals surface area contributed by atoms with Gasteiger partial charge in [0.15, 0.2) is 11.7 Å². The molecule has 1 fully saturated rings. The molecule has 6 nitrogen and oxygen atoms in total. The number of aryl methyl sites for hydroxylation is 2. The van der Waals surface area contributed by atoms with E-state index in [4.69, 9.17) is 14.5 Å². The molecule has 0 radical (unpaired) electrons. The SMILES string of the molecule is O=C(COc1ccc2c(c1)CCC2)Nc1ccc2nc(N3CCOCC3)sc2c1. The molecule has 1 aliphatic carbocycles. The lowest BCUT2D eigenvalue weighted by Gasteiger charge is -2.25. The average Bonchev–Trinajstić information content (AvgIpc) is 3.39. The van der Waals surface area contributed by atoms with E-state index in [9.17, 15) is 4.79 Å². The van der Waals surface area contributed by atoms with Crippen LogP contribution < -0.4 is 15.0 Å². The van der Waals surface area contributed by atoms with Gasteiger partial charge in [-0.05, 0) is 60.7 Å². The maximum Gasteiger partial charge on any atom is 0.262 e. The van der Waals surface area contributed by atoms with Gasteiger partial charge in [-0.3, -0.25) is 4.79 Å². The zero-order valence-corrected chi connectivity index (χ0v) is 17.0. The standard InChI is InChI=1S/C22H23N3O3S/c26-21(14-28-18-6-4-15-2-1-3-16(15)12-18)23-17-5-7-19-20(13-17)29-22(24-19)25-8-10-27-11-9-25/h4-7,12-13H,1-3,8-11,14H2,(H,23,26). The number of hydrogen-bond acceptors (Lipinski definition) is 6. The minimum atomic E-state index is -0.164. The van der Waals surface area contributed by atoms with Crippen LogP contribution in [0.2, 0.25) is 0 Å². The first-order chi connectivity index (χ1) is 14.2. The molecule has 0 spiro atoms. The van der Waals surface area contributed by atoms with Gasteiger partial charge in [-0.1, -0.05) is 17.4 Å². The van der Waals surface area contributed by atoms with E-state index in [1.807, 2.05) is 24.3 Å². The Kier molecular flexibility index (Phi) is 5.08. The topological polar surface area (TPSA) is 63.7 Å². The quantitative estimate of drug-likeness (QED) is 0.697. The number of ether oxygens (including phenoxy) is 2. The summed E-state index contributed by atoms with van der Waals surface area (Å²) in [6.07, 6.45) is 3.44. The van der Waals surface area contributed by atoms with Crippen molar-refractivity contribution >= 4 is 38.3 Å². The summed E-state index contributed by atoms with van der Waals surface area (Å²) in [5, 5.41) is 3.93. The molecule has 5 rings (SSSR count). The Morgan fingerprint density at radius 3 is 2.90 bits per heavy atom. The van der Waals surface area contributed by atoms with E-state index in [-0.39, 0.29) is 12.5 Å². The predicted octanol–water partition coefficient (Wildman–Crippen LogP) is 3.64. The van der Waals surface area contributed by atoms with E-state index in [2.05, 4.69) is 22.3 Å². The fourth-order valence-electron chi connectivity index (χ4n) is 3.86. The maximum atomic E-state index is 12.3. The summed E-state index contributed by atoms with van der Waals surface area (Å²) in [6.45, 7) is 3.20. The molecule has 7 heteroatoms. The first kappa shape index (κ1) is 18.4. The van der Waals surface area contributed by atoms with Crippen LogP contribution in [0.3, 0.4) is 0 Å². The number of carbonyl (C=O) groups excluding carboxylic acids is 1. The summed E-state index contributed by atoms with van der Waals surface area (Å²) in [6, 6.07) is 11.9. The molecule has 1 saturated heterocycles. The molecule has 2 aliphatic rings. The number of fused-ring (bicyclic) bond motifs is 2. The highest BCUT2D eigenvalue weighted by molar-refractivity contribution is 7.22. The van der Waals surface area contributed by atoms with Crippen molar-refractivity contribution in [2.75, 3.05) is 43.1 Å². The zero-order chi connectivity index (χ0) is 19.6. The van der Waals surface area contributed by atoms with Gasteiger partial charge in [-0.25, -0.2) is 4.98 Å². The lowest BCUT2D eigenvalue weighted by Crippen LogP contribution is -2.36. The molecule has 1 amide bonds. The molecule has 2 aromatic carbocycles. The summed E-state index contributed by atoms with van der Waals surface area (Å²) in [4.78, 5) is 19.3. The van der Waals surface area contributed by atoms with Crippen LogP contribution in [-0.4, -0.2) is 43.8 Å². The number of benzene rings is 2. The number of nitrogens with zero attached hydrogens (tertiary/aromatic N) is 2. The predicted molar refractivity (Wildman–Crippen MR) is 115 cm³/mol. The highest BCUT2D eigenvalue weighted by Gasteiger charge is 2.16. The molecule has 2 heterocycles. The van der Waals surface area contributed by atoms with Crippen molar-refractivity contribution in [1.82, 2.24) is 4.98 Å². The normalized spacial score (nSPS) is 16.1. The second kappa shape index (κ2) is 8.00. The van der Waals surface area contributed by atoms with Crippen LogP contribution in [0.5, 0.6) is 5.75 Å². The Balaban J connectivity index is 1.22. The van der Waals surface area contributed by atoms with Gasteiger partial charge in [0.25, 0.3) is 5.91 Å². The summed E-state index contributed by atoms with van der Waals surface area (Å²) >= 11 is 1.64. The van der Waals surface area contributed by atoms with E-state index < -0.39 is 0 Å². The number of rotatable bonds is 5. The van der Waals surface area contributed by atoms with E-state index in [1.54, 1.807) is 11.3 Å². The number of aromatic nitrogens is 1. The molecule has 0 saturated carbocycles. The average molecular weight is 410 g/mol. The number of anilines is 2. The van der Waals surface area contributed by atoms with Gasteiger partial charge >= 0.3 is 0 Å². The van der Waals surface area contributed by atoms with Gasteiger partial charge < -0.3 is 19.7 Å². The minimum absolute atomic E-state index is 0.00145. The number of hydrogen-bond donors (Lipinski definition) is 1. The van der Waals surface area contributed by atoms with E-state index in [1.165, 1.54) is 17.5 Å². The first-order valence-corrected chi connectivity index (χ1v) is 10.8. The monoisotopic (exact) mass is 409 g/mol. The molecule has 0 atom stereocenters. The van der Waals surface area contributed by atoms with Crippen molar-refractivity contribution in [2.24, 2.45) is 0 Å². The van der Waals surface area contributed by atoms with E-state index in [0.717, 1.165) is 65.9 Å². The minimum Gasteiger partial charge on any atom is -0.484 e. The van der Waals surface area contributed by atoms with Crippen LogP contribution in [0.1, 0.15) is 17.5 Å². The number of amides is 1. The number of thiazole rings is 1. The van der Waals surface area contributed by atoms with Crippen LogP contribution in [0.4, 0.5) is 10.8 Å². The zero-order valence-electron chi connectivity index (χ0n) is 16.1. The van der Waals surface area contributed by atoms with Crippen LogP contribution in [-0.2, 0) is 22.4 Å². The van der Waals surface area contributed by atoms with Gasteiger partial charge in [0, 0.05) is 18.8 Å². The second-order valence-electron chi connectivity index (χ2n) is 7.40. The molecular weight excluding hydrogens is 386 g/mol. The van der Waals surface area contributed by atoms with Gasteiger partial charge in [-0.2, -0.15) is 0 Å². The van der Waals surface area contributed by atoms with Crippen LogP contribution in [0.25, 0.3) is 10.2 Å². The Morgan fingerprint density at radius 2 is 2.00 bits per heavy atom. The largest absolute Gasteiger partial charge is 0.484 e. The van der Waals surface area contributed by atoms with Crippen LogP contribution in [0, 0.1) is 0 Å². The third kappa shape index (κ3) is 4.06. The van der Waals surface area contributed by atoms with Crippen molar-refractivity contribution in [1.29, 1.82) is 0 Å². The third-order valence-electron chi connectivity index (χ3n) is 5.38. The van der Waals surface area contributed by atoms with E-state index in [0.29, 0.717) is 0 Å². The molecule has 1 N–H and O–H groups in total. The fourth-order valence-corrected chi connectivity index (χ4v) is 4.92. The van der Waals surface area contributed by atoms with Crippen molar-refractivity contribution in [3.63, 3.8) is 0 Å². The van der Waals surface area contributed by atoms with Crippen LogP contribution >= 0.6 is 11.3 Å². The molecule has 0 bridgehead atoms. The number of nitrogens with one attached hydrogen (secondary N) is 1. The summed E-state index contributed by atoms with van der Waals surface area (Å²) < 4.78 is 12.2. The smallest absolute Gasteiger partial charge is 0.262 e. The summed E-state index contributed by atoms with van der Waals surface area (Å²) in [7, 11) is 0. The summed E-state index contributed by atoms with van der Waals surface area (Å²) in [5.41, 5.74) is 4.45. The van der Waals surface area contributed by atoms with Crippen molar-refractivity contribution in [3.8, 4) is 5.75 Å². The van der Waals surface area contributed by atoms with Crippen LogP contribution in [0.15, 0.2) is 36.4 Å². The fraction of sp³-hybridized carbons (Fsp3) is 0.364. The number of carbonyl (C=O) groups is 1. The lowest BCUT2D eigenvalue weighted by molar-refractivity contribution is -0.118. The molecule has 1 aliphatic heterocycles. The molecular formula is C22H23N3O3S. The van der Waals surface area contributed by atoms with E-state index >= 15 is 0 Å². The highest BCUT2D eigenvalue weighted by Crippen LogP contribution is 2.31. The van der Waals surface area contributed by atoms with Gasteiger partial charge in [-0.15, -0.1) is 0 Å². The Labute approximate surface area is 173 Å². The van der Waals surface area contributed by atoms with Gasteiger partial charge in [0.05, 0.1) is 23.4 Å². The highest BCUT2D eigenvalue weighted by atomic mass is 32.1. The van der Waals surface area contributed by atoms with Gasteiger partial charge in [0.1, 0.15) is 5.75 Å². The number of morpholine rings is 1. The summed E-state index contributed by atoms with van der Waals surface area (Å²) in [5.74, 6) is 0.594. The maximum absolute atomic E-state index is 12.3. The molecule has 29 heavy (non-hydrogen) atoms. The van der Waals surface area contributed by atoms with Crippen molar-refractivity contribution < 1.29 is 14.3 Å². The first-order valence-electron chi connectivity index (χ1n) is 10.0. The van der Waals surface area contributed by atoms with Gasteiger partial charge in [0.2, 0.25) is 0 Å². The van der Waals surface area contributed by atoms with Crippen molar-refractivity contribution in [3.05, 3.63) is 47.5 Å². The Morgan fingerprint density at radius 1 is 1.14 bits per heavy atom. The Hall–Kier alpha value is -2.64. The lowest BCUT2D eigenvalue weighted by atomic mass is 10.1. The van der Waals surface area contributed by atoms with Crippen molar-refractivity contribution in [2.45, 2.75) is 19.3 Å². The second-order valence-corrected chi connectivity index (χ2v) is 8.41.